The SMILES string of the molecule is COc1cccc(-c2nnc3n2CCC(C)C3)c1. The fourth-order valence-corrected chi connectivity index (χ4v) is 2.46. The number of hydrogen-bond donors (Lipinski definition) is 0. The molecule has 0 spiro atoms. The molecule has 0 radical (unpaired) electrons. The maximum absolute atomic E-state index is 5.26. The summed E-state index contributed by atoms with van der Waals surface area (Å²) in [6, 6.07) is 7.99. The maximum Gasteiger partial charge on any atom is 0.164 e. The van der Waals surface area contributed by atoms with Crippen LogP contribution in [-0.2, 0) is 13.0 Å². The number of ether oxygens (including phenoxy) is 1. The quantitative estimate of drug-likeness (QED) is 0.813. The Balaban J connectivity index is 2.02. The number of rotatable bonds is 2. The van der Waals surface area contributed by atoms with Gasteiger partial charge in [-0.2, -0.15) is 0 Å². The monoisotopic (exact) mass is 243 g/mol. The Morgan fingerprint density at radius 3 is 3.06 bits per heavy atom. The van der Waals surface area contributed by atoms with Gasteiger partial charge in [0.25, 0.3) is 0 Å². The van der Waals surface area contributed by atoms with Gasteiger partial charge in [0, 0.05) is 18.5 Å². The first-order chi connectivity index (χ1) is 8.78. The number of hydrogen-bond acceptors (Lipinski definition) is 3. The van der Waals surface area contributed by atoms with Crippen LogP contribution in [-0.4, -0.2) is 21.9 Å². The molecule has 0 amide bonds. The lowest BCUT2D eigenvalue weighted by Crippen LogP contribution is -2.17. The lowest BCUT2D eigenvalue weighted by atomic mass is 10.00. The maximum atomic E-state index is 5.26. The molecule has 94 valence electrons. The molecule has 1 atom stereocenters. The first-order valence-corrected chi connectivity index (χ1v) is 6.34. The molecular weight excluding hydrogens is 226 g/mol. The van der Waals surface area contributed by atoms with Crippen LogP contribution >= 0.6 is 0 Å². The van der Waals surface area contributed by atoms with Gasteiger partial charge in [-0.05, 0) is 24.5 Å². The summed E-state index contributed by atoms with van der Waals surface area (Å²) in [5.74, 6) is 3.62. The van der Waals surface area contributed by atoms with Gasteiger partial charge in [0.05, 0.1) is 7.11 Å². The van der Waals surface area contributed by atoms with E-state index >= 15 is 0 Å². The van der Waals surface area contributed by atoms with Crippen LogP contribution in [0.1, 0.15) is 19.2 Å². The summed E-state index contributed by atoms with van der Waals surface area (Å²) in [6.07, 6.45) is 2.22. The molecule has 1 aliphatic rings. The second-order valence-corrected chi connectivity index (χ2v) is 4.92. The molecule has 1 aliphatic heterocycles. The molecule has 1 unspecified atom stereocenters. The fraction of sp³-hybridized carbons (Fsp3) is 0.429. The van der Waals surface area contributed by atoms with E-state index in [1.54, 1.807) is 7.11 Å². The average Bonchev–Trinajstić information content (AvgIpc) is 2.81. The highest BCUT2D eigenvalue weighted by Gasteiger charge is 2.20. The summed E-state index contributed by atoms with van der Waals surface area (Å²) >= 11 is 0. The minimum Gasteiger partial charge on any atom is -0.497 e. The molecule has 3 rings (SSSR count). The van der Waals surface area contributed by atoms with Crippen molar-refractivity contribution in [2.45, 2.75) is 26.3 Å². The first-order valence-electron chi connectivity index (χ1n) is 6.34. The zero-order valence-corrected chi connectivity index (χ0v) is 10.8. The third-order valence-electron chi connectivity index (χ3n) is 3.53. The van der Waals surface area contributed by atoms with Crippen molar-refractivity contribution in [1.82, 2.24) is 14.8 Å². The molecule has 4 heteroatoms. The third-order valence-corrected chi connectivity index (χ3v) is 3.53. The first kappa shape index (κ1) is 11.3. The summed E-state index contributed by atoms with van der Waals surface area (Å²) in [7, 11) is 1.68. The predicted octanol–water partition coefficient (Wildman–Crippen LogP) is 2.54. The minimum absolute atomic E-state index is 0.708. The Morgan fingerprint density at radius 2 is 2.22 bits per heavy atom. The van der Waals surface area contributed by atoms with Crippen LogP contribution < -0.4 is 4.74 Å². The molecule has 0 saturated heterocycles. The summed E-state index contributed by atoms with van der Waals surface area (Å²) in [6.45, 7) is 3.28. The van der Waals surface area contributed by atoms with E-state index in [1.807, 2.05) is 18.2 Å². The number of benzene rings is 1. The molecule has 0 N–H and O–H groups in total. The highest BCUT2D eigenvalue weighted by molar-refractivity contribution is 5.58. The van der Waals surface area contributed by atoms with Crippen LogP contribution in [0.15, 0.2) is 24.3 Å². The zero-order chi connectivity index (χ0) is 12.5. The topological polar surface area (TPSA) is 39.9 Å². The van der Waals surface area contributed by atoms with Gasteiger partial charge < -0.3 is 9.30 Å². The van der Waals surface area contributed by atoms with E-state index in [0.717, 1.165) is 35.9 Å². The van der Waals surface area contributed by atoms with Crippen LogP contribution in [0.2, 0.25) is 0 Å². The van der Waals surface area contributed by atoms with E-state index < -0.39 is 0 Å². The lowest BCUT2D eigenvalue weighted by Gasteiger charge is -2.20. The summed E-state index contributed by atoms with van der Waals surface area (Å²) < 4.78 is 7.49. The van der Waals surface area contributed by atoms with Gasteiger partial charge in [0.1, 0.15) is 11.6 Å². The number of fused-ring (bicyclic) bond motifs is 1. The van der Waals surface area contributed by atoms with E-state index in [0.29, 0.717) is 5.92 Å². The molecule has 0 fully saturated rings. The molecule has 18 heavy (non-hydrogen) atoms. The Kier molecular flexibility index (Phi) is 2.78. The van der Waals surface area contributed by atoms with Crippen LogP contribution in [0.3, 0.4) is 0 Å². The van der Waals surface area contributed by atoms with Crippen molar-refractivity contribution in [3.63, 3.8) is 0 Å². The van der Waals surface area contributed by atoms with Crippen LogP contribution in [0.5, 0.6) is 5.75 Å². The predicted molar refractivity (Wildman–Crippen MR) is 69.5 cm³/mol. The van der Waals surface area contributed by atoms with E-state index in [2.05, 4.69) is 27.8 Å². The molecule has 2 aromatic rings. The van der Waals surface area contributed by atoms with Gasteiger partial charge >= 0.3 is 0 Å². The summed E-state index contributed by atoms with van der Waals surface area (Å²) in [5.41, 5.74) is 1.07. The van der Waals surface area contributed by atoms with Crippen molar-refractivity contribution in [2.24, 2.45) is 5.92 Å². The molecule has 0 aliphatic carbocycles. The number of aromatic nitrogens is 3. The average molecular weight is 243 g/mol. The number of nitrogens with zero attached hydrogens (tertiary/aromatic N) is 3. The molecule has 2 heterocycles. The summed E-state index contributed by atoms with van der Waals surface area (Å²) in [5, 5.41) is 8.65. The van der Waals surface area contributed by atoms with Crippen LogP contribution in [0, 0.1) is 5.92 Å². The minimum atomic E-state index is 0.708. The van der Waals surface area contributed by atoms with Crippen molar-refractivity contribution in [1.29, 1.82) is 0 Å². The zero-order valence-electron chi connectivity index (χ0n) is 10.8. The normalized spacial score (nSPS) is 18.4. The Bertz CT molecular complexity index is 562. The van der Waals surface area contributed by atoms with Gasteiger partial charge in [-0.1, -0.05) is 19.1 Å². The Morgan fingerprint density at radius 1 is 1.33 bits per heavy atom. The molecule has 4 nitrogen and oxygen atoms in total. The Hall–Kier alpha value is -1.84. The standard InChI is InChI=1S/C14H17N3O/c1-10-6-7-17-13(8-10)15-16-14(17)11-4-3-5-12(9-11)18-2/h3-5,9-10H,6-8H2,1-2H3. The molecular formula is C14H17N3O. The highest BCUT2D eigenvalue weighted by Crippen LogP contribution is 2.27. The van der Waals surface area contributed by atoms with E-state index in [9.17, 15) is 0 Å². The van der Waals surface area contributed by atoms with Crippen LogP contribution in [0.25, 0.3) is 11.4 Å². The van der Waals surface area contributed by atoms with Crippen molar-refractivity contribution in [2.75, 3.05) is 7.11 Å². The van der Waals surface area contributed by atoms with Crippen molar-refractivity contribution < 1.29 is 4.74 Å². The van der Waals surface area contributed by atoms with Gasteiger partial charge in [0.15, 0.2) is 5.82 Å². The third kappa shape index (κ3) is 1.88. The molecule has 1 aromatic heterocycles. The van der Waals surface area contributed by atoms with Crippen molar-refractivity contribution in [3.8, 4) is 17.1 Å². The van der Waals surface area contributed by atoms with Gasteiger partial charge in [-0.3, -0.25) is 0 Å². The second kappa shape index (κ2) is 4.44. The largest absolute Gasteiger partial charge is 0.497 e. The van der Waals surface area contributed by atoms with E-state index in [1.165, 1.54) is 6.42 Å². The second-order valence-electron chi connectivity index (χ2n) is 4.92. The smallest absolute Gasteiger partial charge is 0.164 e. The molecule has 0 bridgehead atoms. The van der Waals surface area contributed by atoms with Crippen molar-refractivity contribution in [3.05, 3.63) is 30.1 Å². The Labute approximate surface area is 107 Å². The van der Waals surface area contributed by atoms with Gasteiger partial charge in [0.2, 0.25) is 0 Å². The lowest BCUT2D eigenvalue weighted by molar-refractivity contribution is 0.410. The van der Waals surface area contributed by atoms with E-state index in [4.69, 9.17) is 4.74 Å². The fourth-order valence-electron chi connectivity index (χ4n) is 2.46. The molecule has 0 saturated carbocycles. The number of methoxy groups -OCH3 is 1. The van der Waals surface area contributed by atoms with Crippen LogP contribution in [0.4, 0.5) is 0 Å². The van der Waals surface area contributed by atoms with Gasteiger partial charge in [-0.15, -0.1) is 10.2 Å². The van der Waals surface area contributed by atoms with E-state index in [-0.39, 0.29) is 0 Å². The molecule has 1 aromatic carbocycles. The highest BCUT2D eigenvalue weighted by atomic mass is 16.5. The van der Waals surface area contributed by atoms with Gasteiger partial charge in [-0.25, -0.2) is 0 Å². The summed E-state index contributed by atoms with van der Waals surface area (Å²) in [4.78, 5) is 0. The van der Waals surface area contributed by atoms with Crippen molar-refractivity contribution >= 4 is 0 Å².